The van der Waals surface area contributed by atoms with Crippen molar-refractivity contribution < 1.29 is 5.48 Å². The molecule has 0 saturated heterocycles. The van der Waals surface area contributed by atoms with Crippen LogP contribution in [0.3, 0.4) is 0 Å². The van der Waals surface area contributed by atoms with Gasteiger partial charge in [0.15, 0.2) is 0 Å². The Kier molecular flexibility index (Phi) is 6.99. The van der Waals surface area contributed by atoms with Crippen LogP contribution in [-0.4, -0.2) is 5.48 Å². The highest BCUT2D eigenvalue weighted by atomic mass is 35.5. The predicted octanol–water partition coefficient (Wildman–Crippen LogP) is 2.38. The second-order valence-corrected chi connectivity index (χ2v) is 2.76. The van der Waals surface area contributed by atoms with Gasteiger partial charge in [-0.3, -0.25) is 0 Å². The molecule has 0 aliphatic rings. The maximum atomic E-state index is 5.70. The van der Waals surface area contributed by atoms with Crippen molar-refractivity contribution in [3.63, 3.8) is 0 Å². The summed E-state index contributed by atoms with van der Waals surface area (Å²) in [5.74, 6) is 0.619. The summed E-state index contributed by atoms with van der Waals surface area (Å²) in [4.78, 5) is 0. The molecule has 0 unspecified atom stereocenters. The van der Waals surface area contributed by atoms with Crippen molar-refractivity contribution in [2.75, 3.05) is 0 Å². The Morgan fingerprint density at radius 3 is 2.25 bits per heavy atom. The SMILES string of the molecule is Cc1cccc(CCl)c1C.N.O. The molecule has 0 aliphatic carbocycles. The summed E-state index contributed by atoms with van der Waals surface area (Å²) in [6.45, 7) is 4.21. The average molecular weight is 190 g/mol. The van der Waals surface area contributed by atoms with Gasteiger partial charge in [-0.05, 0) is 30.5 Å². The highest BCUT2D eigenvalue weighted by molar-refractivity contribution is 6.17. The zero-order chi connectivity index (χ0) is 7.56. The topological polar surface area (TPSA) is 66.5 Å². The quantitative estimate of drug-likeness (QED) is 0.678. The second kappa shape index (κ2) is 6.00. The highest BCUT2D eigenvalue weighted by Crippen LogP contribution is 2.13. The molecular weight excluding hydrogens is 174 g/mol. The molecule has 12 heavy (non-hydrogen) atoms. The molecule has 0 atom stereocenters. The van der Waals surface area contributed by atoms with Gasteiger partial charge in [0.05, 0.1) is 0 Å². The van der Waals surface area contributed by atoms with Crippen LogP contribution in [0.25, 0.3) is 0 Å². The molecule has 3 heteroatoms. The minimum Gasteiger partial charge on any atom is -0.412 e. The Bertz CT molecular complexity index is 238. The fraction of sp³-hybridized carbons (Fsp3) is 0.333. The van der Waals surface area contributed by atoms with Gasteiger partial charge < -0.3 is 11.6 Å². The monoisotopic (exact) mass is 189 g/mol. The number of hydrogen-bond donors (Lipinski definition) is 1. The van der Waals surface area contributed by atoms with E-state index in [1.807, 2.05) is 6.07 Å². The summed E-state index contributed by atoms with van der Waals surface area (Å²) in [6, 6.07) is 6.21. The first-order valence-corrected chi connectivity index (χ1v) is 3.90. The maximum Gasteiger partial charge on any atom is 0.0476 e. The van der Waals surface area contributed by atoms with E-state index in [2.05, 4.69) is 26.0 Å². The van der Waals surface area contributed by atoms with Gasteiger partial charge in [-0.2, -0.15) is 0 Å². The van der Waals surface area contributed by atoms with Crippen LogP contribution in [0.4, 0.5) is 0 Å². The average Bonchev–Trinajstić information content (AvgIpc) is 1.95. The standard InChI is InChI=1S/C9H11Cl.H3N.H2O/c1-7-4-3-5-9(6-10)8(7)2;;/h3-5H,6H2,1-2H3;1H3;1H2. The molecule has 0 saturated carbocycles. The summed E-state index contributed by atoms with van der Waals surface area (Å²) in [5, 5.41) is 0. The van der Waals surface area contributed by atoms with Crippen molar-refractivity contribution in [3.8, 4) is 0 Å². The van der Waals surface area contributed by atoms with Crippen LogP contribution < -0.4 is 6.15 Å². The van der Waals surface area contributed by atoms with E-state index in [9.17, 15) is 0 Å². The van der Waals surface area contributed by atoms with Crippen molar-refractivity contribution in [2.24, 2.45) is 0 Å². The molecule has 0 fully saturated rings. The summed E-state index contributed by atoms with van der Waals surface area (Å²) in [6.07, 6.45) is 0. The fourth-order valence-electron chi connectivity index (χ4n) is 0.957. The third-order valence-electron chi connectivity index (χ3n) is 1.86. The lowest BCUT2D eigenvalue weighted by molar-refractivity contribution is 0.824. The van der Waals surface area contributed by atoms with E-state index in [1.165, 1.54) is 16.7 Å². The number of rotatable bonds is 1. The van der Waals surface area contributed by atoms with Crippen LogP contribution in [0.5, 0.6) is 0 Å². The van der Waals surface area contributed by atoms with Crippen molar-refractivity contribution in [1.82, 2.24) is 6.15 Å². The van der Waals surface area contributed by atoms with Crippen molar-refractivity contribution in [1.29, 1.82) is 0 Å². The molecular formula is C9H16ClNO. The lowest BCUT2D eigenvalue weighted by Crippen LogP contribution is -1.86. The van der Waals surface area contributed by atoms with Crippen LogP contribution in [0, 0.1) is 13.8 Å². The fourth-order valence-corrected chi connectivity index (χ4v) is 1.25. The summed E-state index contributed by atoms with van der Waals surface area (Å²) in [7, 11) is 0. The lowest BCUT2D eigenvalue weighted by atomic mass is 10.1. The molecule has 0 amide bonds. The van der Waals surface area contributed by atoms with Crippen molar-refractivity contribution >= 4 is 11.6 Å². The van der Waals surface area contributed by atoms with Gasteiger partial charge in [-0.25, -0.2) is 0 Å². The molecule has 5 N–H and O–H groups in total. The van der Waals surface area contributed by atoms with Crippen LogP contribution in [0.1, 0.15) is 16.7 Å². The Morgan fingerprint density at radius 2 is 1.83 bits per heavy atom. The number of halogens is 1. The molecule has 0 heterocycles. The minimum atomic E-state index is 0. The summed E-state index contributed by atoms with van der Waals surface area (Å²) >= 11 is 5.70. The van der Waals surface area contributed by atoms with Gasteiger partial charge >= 0.3 is 0 Å². The van der Waals surface area contributed by atoms with Crippen molar-refractivity contribution in [3.05, 3.63) is 34.9 Å². The molecule has 0 bridgehead atoms. The number of hydrogen-bond acceptors (Lipinski definition) is 1. The number of alkyl halides is 1. The molecule has 0 spiro atoms. The normalized spacial score (nSPS) is 8.25. The van der Waals surface area contributed by atoms with E-state index < -0.39 is 0 Å². The highest BCUT2D eigenvalue weighted by Gasteiger charge is 1.96. The Hall–Kier alpha value is -0.570. The van der Waals surface area contributed by atoms with Crippen LogP contribution >= 0.6 is 11.6 Å². The Balaban J connectivity index is 0. The predicted molar refractivity (Wildman–Crippen MR) is 54.1 cm³/mol. The third-order valence-corrected chi connectivity index (χ3v) is 2.15. The molecule has 1 aromatic rings. The molecule has 0 aromatic heterocycles. The lowest BCUT2D eigenvalue weighted by Gasteiger charge is -2.03. The zero-order valence-electron chi connectivity index (χ0n) is 7.52. The Morgan fingerprint density at radius 1 is 1.25 bits per heavy atom. The first-order chi connectivity index (χ1) is 4.75. The molecule has 0 aliphatic heterocycles. The van der Waals surface area contributed by atoms with E-state index in [-0.39, 0.29) is 11.6 Å². The van der Waals surface area contributed by atoms with Gasteiger partial charge in [-0.15, -0.1) is 11.6 Å². The summed E-state index contributed by atoms with van der Waals surface area (Å²) < 4.78 is 0. The zero-order valence-corrected chi connectivity index (χ0v) is 8.28. The molecule has 1 rings (SSSR count). The van der Waals surface area contributed by atoms with E-state index in [1.54, 1.807) is 0 Å². The molecule has 2 nitrogen and oxygen atoms in total. The molecule has 0 radical (unpaired) electrons. The molecule has 70 valence electrons. The molecule has 1 aromatic carbocycles. The summed E-state index contributed by atoms with van der Waals surface area (Å²) in [5.41, 5.74) is 3.87. The first-order valence-electron chi connectivity index (χ1n) is 3.36. The van der Waals surface area contributed by atoms with E-state index >= 15 is 0 Å². The van der Waals surface area contributed by atoms with E-state index in [0.717, 1.165) is 0 Å². The smallest absolute Gasteiger partial charge is 0.0476 e. The number of aryl methyl sites for hydroxylation is 1. The van der Waals surface area contributed by atoms with Crippen LogP contribution in [0.15, 0.2) is 18.2 Å². The van der Waals surface area contributed by atoms with Gasteiger partial charge in [-0.1, -0.05) is 18.2 Å². The number of benzene rings is 1. The van der Waals surface area contributed by atoms with Gasteiger partial charge in [0.2, 0.25) is 0 Å². The van der Waals surface area contributed by atoms with Crippen LogP contribution in [-0.2, 0) is 5.88 Å². The van der Waals surface area contributed by atoms with Crippen LogP contribution in [0.2, 0.25) is 0 Å². The minimum absolute atomic E-state index is 0. The van der Waals surface area contributed by atoms with Gasteiger partial charge in [0, 0.05) is 5.88 Å². The second-order valence-electron chi connectivity index (χ2n) is 2.49. The van der Waals surface area contributed by atoms with E-state index in [4.69, 9.17) is 11.6 Å². The van der Waals surface area contributed by atoms with Gasteiger partial charge in [0.25, 0.3) is 0 Å². The largest absolute Gasteiger partial charge is 0.412 e. The third kappa shape index (κ3) is 2.81. The van der Waals surface area contributed by atoms with E-state index in [0.29, 0.717) is 5.88 Å². The van der Waals surface area contributed by atoms with Gasteiger partial charge in [0.1, 0.15) is 0 Å². The maximum absolute atomic E-state index is 5.70. The van der Waals surface area contributed by atoms with Crippen molar-refractivity contribution in [2.45, 2.75) is 19.7 Å². The Labute approximate surface area is 78.4 Å². The first kappa shape index (κ1) is 14.0.